The van der Waals surface area contributed by atoms with Crippen LogP contribution in [0.2, 0.25) is 0 Å². The van der Waals surface area contributed by atoms with Gasteiger partial charge < -0.3 is 4.42 Å². The molecule has 8 heteroatoms. The lowest BCUT2D eigenvalue weighted by atomic mass is 9.98. The highest BCUT2D eigenvalue weighted by Crippen LogP contribution is 2.32. The minimum absolute atomic E-state index is 0.00162. The van der Waals surface area contributed by atoms with E-state index in [1.807, 2.05) is 26.0 Å². The summed E-state index contributed by atoms with van der Waals surface area (Å²) in [6.07, 6.45) is 1.21. The van der Waals surface area contributed by atoms with E-state index in [1.54, 1.807) is 18.2 Å². The summed E-state index contributed by atoms with van der Waals surface area (Å²) in [6.45, 7) is 4.50. The number of hydrogen-bond acceptors (Lipinski definition) is 5. The van der Waals surface area contributed by atoms with Crippen LogP contribution in [0.1, 0.15) is 35.8 Å². The minimum atomic E-state index is -3.53. The van der Waals surface area contributed by atoms with Crippen molar-refractivity contribution in [2.75, 3.05) is 13.1 Å². The van der Waals surface area contributed by atoms with Gasteiger partial charge in [0.1, 0.15) is 5.82 Å². The van der Waals surface area contributed by atoms with Crippen molar-refractivity contribution >= 4 is 10.0 Å². The molecular weight excluding hydrogens is 393 g/mol. The molecule has 1 aliphatic heterocycles. The summed E-state index contributed by atoms with van der Waals surface area (Å²) < 4.78 is 46.5. The Morgan fingerprint density at radius 3 is 2.41 bits per heavy atom. The van der Waals surface area contributed by atoms with Crippen molar-refractivity contribution in [3.05, 3.63) is 65.3 Å². The fraction of sp³-hybridized carbons (Fsp3) is 0.333. The molecule has 0 saturated carbocycles. The number of aryl methyl sites for hydroxylation is 2. The van der Waals surface area contributed by atoms with Crippen LogP contribution in [0.3, 0.4) is 0 Å². The Bertz CT molecular complexity index is 1120. The molecule has 0 unspecified atom stereocenters. The number of piperidine rings is 1. The second-order valence-electron chi connectivity index (χ2n) is 7.40. The van der Waals surface area contributed by atoms with Crippen LogP contribution in [-0.2, 0) is 10.0 Å². The monoisotopic (exact) mass is 415 g/mol. The van der Waals surface area contributed by atoms with Gasteiger partial charge in [-0.1, -0.05) is 12.1 Å². The van der Waals surface area contributed by atoms with E-state index in [0.29, 0.717) is 48.2 Å². The number of rotatable bonds is 4. The normalized spacial score (nSPS) is 16.2. The van der Waals surface area contributed by atoms with Crippen molar-refractivity contribution < 1.29 is 17.2 Å². The van der Waals surface area contributed by atoms with Crippen molar-refractivity contribution in [1.82, 2.24) is 14.5 Å². The first-order valence-corrected chi connectivity index (χ1v) is 11.0. The Morgan fingerprint density at radius 1 is 1.03 bits per heavy atom. The quantitative estimate of drug-likeness (QED) is 0.642. The molecule has 1 fully saturated rings. The fourth-order valence-corrected chi connectivity index (χ4v) is 5.36. The molecule has 4 rings (SSSR count). The maximum absolute atomic E-state index is 13.1. The van der Waals surface area contributed by atoms with Gasteiger partial charge in [0.05, 0.1) is 4.90 Å². The molecule has 1 saturated heterocycles. The molecule has 1 aliphatic rings. The third kappa shape index (κ3) is 3.95. The smallest absolute Gasteiger partial charge is 0.247 e. The van der Waals surface area contributed by atoms with Gasteiger partial charge in [-0.25, -0.2) is 12.8 Å². The molecular formula is C21H22FN3O3S. The molecule has 152 valence electrons. The molecule has 0 N–H and O–H groups in total. The van der Waals surface area contributed by atoms with E-state index < -0.39 is 10.0 Å². The zero-order valence-corrected chi connectivity index (χ0v) is 17.1. The average Bonchev–Trinajstić information content (AvgIpc) is 3.20. The van der Waals surface area contributed by atoms with Gasteiger partial charge in [0.15, 0.2) is 0 Å². The van der Waals surface area contributed by atoms with Gasteiger partial charge in [0.2, 0.25) is 21.8 Å². The molecule has 0 aliphatic carbocycles. The molecule has 2 aromatic carbocycles. The lowest BCUT2D eigenvalue weighted by Gasteiger charge is -2.30. The second kappa shape index (κ2) is 7.68. The second-order valence-corrected chi connectivity index (χ2v) is 9.31. The maximum atomic E-state index is 13.1. The molecule has 2 heterocycles. The SMILES string of the molecule is Cc1ccc(C)c(S(=O)(=O)N2CCC(c3nnc(-c4ccc(F)cc4)o3)CC2)c1. The van der Waals surface area contributed by atoms with Crippen LogP contribution in [0, 0.1) is 19.7 Å². The van der Waals surface area contributed by atoms with Gasteiger partial charge in [-0.15, -0.1) is 10.2 Å². The maximum Gasteiger partial charge on any atom is 0.247 e. The zero-order chi connectivity index (χ0) is 20.6. The van der Waals surface area contributed by atoms with Crippen molar-refractivity contribution in [1.29, 1.82) is 0 Å². The van der Waals surface area contributed by atoms with E-state index >= 15 is 0 Å². The van der Waals surface area contributed by atoms with E-state index in [4.69, 9.17) is 4.42 Å². The van der Waals surface area contributed by atoms with E-state index in [2.05, 4.69) is 10.2 Å². The molecule has 0 atom stereocenters. The van der Waals surface area contributed by atoms with Gasteiger partial charge >= 0.3 is 0 Å². The van der Waals surface area contributed by atoms with Crippen molar-refractivity contribution in [3.8, 4) is 11.5 Å². The van der Waals surface area contributed by atoms with E-state index in [0.717, 1.165) is 11.1 Å². The molecule has 0 amide bonds. The van der Waals surface area contributed by atoms with Gasteiger partial charge in [-0.2, -0.15) is 4.31 Å². The molecule has 29 heavy (non-hydrogen) atoms. The first-order chi connectivity index (χ1) is 13.8. The summed E-state index contributed by atoms with van der Waals surface area (Å²) in [5, 5.41) is 8.19. The number of aromatic nitrogens is 2. The Labute approximate surface area is 169 Å². The summed E-state index contributed by atoms with van der Waals surface area (Å²) in [5.74, 6) is 0.506. The Morgan fingerprint density at radius 2 is 1.72 bits per heavy atom. The predicted octanol–water partition coefficient (Wildman–Crippen LogP) is 4.06. The summed E-state index contributed by atoms with van der Waals surface area (Å²) in [7, 11) is -3.53. The highest BCUT2D eigenvalue weighted by molar-refractivity contribution is 7.89. The summed E-state index contributed by atoms with van der Waals surface area (Å²) >= 11 is 0. The molecule has 6 nitrogen and oxygen atoms in total. The Hall–Kier alpha value is -2.58. The van der Waals surface area contributed by atoms with Crippen molar-refractivity contribution in [3.63, 3.8) is 0 Å². The van der Waals surface area contributed by atoms with Gasteiger partial charge in [-0.3, -0.25) is 0 Å². The van der Waals surface area contributed by atoms with Crippen LogP contribution in [0.15, 0.2) is 51.8 Å². The summed E-state index contributed by atoms with van der Waals surface area (Å²) in [4.78, 5) is 0.368. The largest absolute Gasteiger partial charge is 0.420 e. The van der Waals surface area contributed by atoms with E-state index in [1.165, 1.54) is 16.4 Å². The number of nitrogens with zero attached hydrogens (tertiary/aromatic N) is 3. The molecule has 1 aromatic heterocycles. The molecule has 0 radical (unpaired) electrons. The van der Waals surface area contributed by atoms with E-state index in [9.17, 15) is 12.8 Å². The van der Waals surface area contributed by atoms with Crippen molar-refractivity contribution in [2.24, 2.45) is 0 Å². The van der Waals surface area contributed by atoms with E-state index in [-0.39, 0.29) is 11.7 Å². The summed E-state index contributed by atoms with van der Waals surface area (Å²) in [6, 6.07) is 11.3. The third-order valence-corrected chi connectivity index (χ3v) is 7.34. The number of benzene rings is 2. The standard InChI is InChI=1S/C21H22FN3O3S/c1-14-3-4-15(2)19(13-14)29(26,27)25-11-9-17(10-12-25)21-24-23-20(28-21)16-5-7-18(22)8-6-16/h3-8,13,17H,9-12H2,1-2H3. The summed E-state index contributed by atoms with van der Waals surface area (Å²) in [5.41, 5.74) is 2.32. The van der Waals surface area contributed by atoms with Crippen molar-refractivity contribution in [2.45, 2.75) is 37.5 Å². The number of sulfonamides is 1. The van der Waals surface area contributed by atoms with Crippen LogP contribution in [0.25, 0.3) is 11.5 Å². The molecule has 3 aromatic rings. The van der Waals surface area contributed by atoms with Gasteiger partial charge in [-0.05, 0) is 68.1 Å². The average molecular weight is 415 g/mol. The van der Waals surface area contributed by atoms with Gasteiger partial charge in [0.25, 0.3) is 0 Å². The Kier molecular flexibility index (Phi) is 5.23. The van der Waals surface area contributed by atoms with Crippen LogP contribution < -0.4 is 0 Å². The first kappa shape index (κ1) is 19.7. The fourth-order valence-electron chi connectivity index (χ4n) is 3.58. The number of hydrogen-bond donors (Lipinski definition) is 0. The number of halogens is 1. The van der Waals surface area contributed by atoms with Crippen LogP contribution in [-0.4, -0.2) is 36.0 Å². The van der Waals surface area contributed by atoms with Crippen LogP contribution >= 0.6 is 0 Å². The predicted molar refractivity (Wildman–Crippen MR) is 106 cm³/mol. The zero-order valence-electron chi connectivity index (χ0n) is 16.3. The lowest BCUT2D eigenvalue weighted by Crippen LogP contribution is -2.38. The Balaban J connectivity index is 1.47. The van der Waals surface area contributed by atoms with Gasteiger partial charge in [0, 0.05) is 24.6 Å². The van der Waals surface area contributed by atoms with Crippen LogP contribution in [0.4, 0.5) is 4.39 Å². The van der Waals surface area contributed by atoms with Crippen LogP contribution in [0.5, 0.6) is 0 Å². The molecule has 0 bridgehead atoms. The highest BCUT2D eigenvalue weighted by atomic mass is 32.2. The first-order valence-electron chi connectivity index (χ1n) is 9.51. The topological polar surface area (TPSA) is 76.3 Å². The lowest BCUT2D eigenvalue weighted by molar-refractivity contribution is 0.291. The third-order valence-electron chi connectivity index (χ3n) is 5.30. The minimum Gasteiger partial charge on any atom is -0.420 e. The molecule has 0 spiro atoms. The highest BCUT2D eigenvalue weighted by Gasteiger charge is 2.32.